The lowest BCUT2D eigenvalue weighted by Gasteiger charge is -2.15. The Morgan fingerprint density at radius 2 is 1.69 bits per heavy atom. The van der Waals surface area contributed by atoms with Crippen molar-refractivity contribution in [1.82, 2.24) is 9.66 Å². The third-order valence-electron chi connectivity index (χ3n) is 4.46. The summed E-state index contributed by atoms with van der Waals surface area (Å²) in [6, 6.07) is 19.3. The number of aromatic nitrogens is 2. The average molecular weight is 389 g/mol. The van der Waals surface area contributed by atoms with Crippen LogP contribution in [0.5, 0.6) is 5.75 Å². The summed E-state index contributed by atoms with van der Waals surface area (Å²) in [4.78, 5) is 30.3. The standard InChI is InChI=1S/C22H16FN3O3/c1-29-15-12-10-14(11-13-15)20-24-19-9-5-3-7-17(19)22(28)26(20)25-21(27)16-6-2-4-8-18(16)23/h2-13H,1H3,(H,25,27). The minimum absolute atomic E-state index is 0.173. The first kappa shape index (κ1) is 18.4. The summed E-state index contributed by atoms with van der Waals surface area (Å²) >= 11 is 0. The van der Waals surface area contributed by atoms with E-state index in [1.807, 2.05) is 0 Å². The second-order valence-electron chi connectivity index (χ2n) is 6.24. The quantitative estimate of drug-likeness (QED) is 0.579. The van der Waals surface area contributed by atoms with Crippen LogP contribution in [0.25, 0.3) is 22.3 Å². The molecule has 0 atom stereocenters. The molecule has 29 heavy (non-hydrogen) atoms. The fraction of sp³-hybridized carbons (Fsp3) is 0.0455. The van der Waals surface area contributed by atoms with E-state index in [1.54, 1.807) is 61.7 Å². The van der Waals surface area contributed by atoms with Crippen LogP contribution < -0.4 is 15.7 Å². The Kier molecular flexibility index (Phi) is 4.78. The van der Waals surface area contributed by atoms with Crippen molar-refractivity contribution in [3.63, 3.8) is 0 Å². The number of hydrogen-bond acceptors (Lipinski definition) is 4. The number of amides is 1. The SMILES string of the molecule is COc1ccc(-c2nc3ccccc3c(=O)n2NC(=O)c2ccccc2F)cc1. The van der Waals surface area contributed by atoms with Gasteiger partial charge >= 0.3 is 0 Å². The third-order valence-corrected chi connectivity index (χ3v) is 4.46. The number of benzene rings is 3. The van der Waals surface area contributed by atoms with Gasteiger partial charge in [-0.05, 0) is 48.5 Å². The Morgan fingerprint density at radius 1 is 1.00 bits per heavy atom. The van der Waals surface area contributed by atoms with Gasteiger partial charge in [0.05, 0.1) is 23.6 Å². The van der Waals surface area contributed by atoms with Crippen LogP contribution in [0, 0.1) is 5.82 Å². The maximum absolute atomic E-state index is 14.0. The van der Waals surface area contributed by atoms with E-state index in [-0.39, 0.29) is 11.4 Å². The number of fused-ring (bicyclic) bond motifs is 1. The number of ether oxygens (including phenoxy) is 1. The summed E-state index contributed by atoms with van der Waals surface area (Å²) < 4.78 is 20.2. The number of nitrogens with zero attached hydrogens (tertiary/aromatic N) is 2. The van der Waals surface area contributed by atoms with Crippen molar-refractivity contribution in [3.05, 3.63) is 94.5 Å². The summed E-state index contributed by atoms with van der Waals surface area (Å²) in [5.74, 6) is -0.574. The zero-order valence-corrected chi connectivity index (χ0v) is 15.4. The topological polar surface area (TPSA) is 73.2 Å². The van der Waals surface area contributed by atoms with E-state index in [9.17, 15) is 14.0 Å². The number of para-hydroxylation sites is 1. The molecule has 0 aliphatic heterocycles. The minimum atomic E-state index is -0.753. The highest BCUT2D eigenvalue weighted by Crippen LogP contribution is 2.21. The monoisotopic (exact) mass is 389 g/mol. The average Bonchev–Trinajstić information content (AvgIpc) is 2.76. The smallest absolute Gasteiger partial charge is 0.280 e. The van der Waals surface area contributed by atoms with Crippen LogP contribution in [0.2, 0.25) is 0 Å². The van der Waals surface area contributed by atoms with Gasteiger partial charge in [-0.2, -0.15) is 4.68 Å². The number of halogens is 1. The predicted molar refractivity (Wildman–Crippen MR) is 108 cm³/mol. The molecule has 6 nitrogen and oxygen atoms in total. The molecule has 0 bridgehead atoms. The highest BCUT2D eigenvalue weighted by atomic mass is 19.1. The van der Waals surface area contributed by atoms with E-state index in [1.165, 1.54) is 18.2 Å². The van der Waals surface area contributed by atoms with Crippen LogP contribution in [0.3, 0.4) is 0 Å². The van der Waals surface area contributed by atoms with Gasteiger partial charge < -0.3 is 4.74 Å². The molecular weight excluding hydrogens is 373 g/mol. The fourth-order valence-electron chi connectivity index (χ4n) is 2.98. The predicted octanol–water partition coefficient (Wildman–Crippen LogP) is 3.60. The molecule has 0 aliphatic carbocycles. The van der Waals surface area contributed by atoms with E-state index in [4.69, 9.17) is 4.74 Å². The summed E-state index contributed by atoms with van der Waals surface area (Å²) in [6.45, 7) is 0. The Labute approximate surface area is 165 Å². The number of carbonyl (C=O) groups is 1. The second kappa shape index (κ2) is 7.55. The van der Waals surface area contributed by atoms with Gasteiger partial charge in [-0.3, -0.25) is 15.0 Å². The summed E-state index contributed by atoms with van der Waals surface area (Å²) in [5.41, 5.74) is 2.92. The van der Waals surface area contributed by atoms with Gasteiger partial charge in [0.15, 0.2) is 5.82 Å². The second-order valence-corrected chi connectivity index (χ2v) is 6.24. The molecule has 0 saturated heterocycles. The zero-order chi connectivity index (χ0) is 20.4. The number of nitrogens with one attached hydrogen (secondary N) is 1. The molecule has 1 aromatic heterocycles. The van der Waals surface area contributed by atoms with Crippen LogP contribution in [0.1, 0.15) is 10.4 Å². The van der Waals surface area contributed by atoms with Crippen molar-refractivity contribution >= 4 is 16.8 Å². The molecule has 0 radical (unpaired) electrons. The molecule has 1 amide bonds. The molecule has 144 valence electrons. The molecule has 1 heterocycles. The minimum Gasteiger partial charge on any atom is -0.497 e. The van der Waals surface area contributed by atoms with E-state index < -0.39 is 17.3 Å². The molecule has 1 N–H and O–H groups in total. The van der Waals surface area contributed by atoms with Crippen molar-refractivity contribution in [2.45, 2.75) is 0 Å². The number of hydrogen-bond donors (Lipinski definition) is 1. The van der Waals surface area contributed by atoms with E-state index in [0.29, 0.717) is 22.2 Å². The van der Waals surface area contributed by atoms with Gasteiger partial charge in [0, 0.05) is 5.56 Å². The van der Waals surface area contributed by atoms with Crippen LogP contribution in [-0.4, -0.2) is 22.7 Å². The highest BCUT2D eigenvalue weighted by molar-refractivity contribution is 6.00. The largest absolute Gasteiger partial charge is 0.497 e. The first-order chi connectivity index (χ1) is 14.1. The lowest BCUT2D eigenvalue weighted by atomic mass is 10.1. The van der Waals surface area contributed by atoms with Gasteiger partial charge in [0.25, 0.3) is 11.5 Å². The van der Waals surface area contributed by atoms with Crippen LogP contribution >= 0.6 is 0 Å². The van der Waals surface area contributed by atoms with Gasteiger partial charge in [0.1, 0.15) is 11.6 Å². The van der Waals surface area contributed by atoms with Gasteiger partial charge in [-0.25, -0.2) is 9.37 Å². The van der Waals surface area contributed by atoms with Crippen molar-refractivity contribution in [2.24, 2.45) is 0 Å². The van der Waals surface area contributed by atoms with Crippen molar-refractivity contribution in [2.75, 3.05) is 12.5 Å². The van der Waals surface area contributed by atoms with Gasteiger partial charge in [-0.1, -0.05) is 24.3 Å². The molecule has 0 saturated carbocycles. The molecule has 0 spiro atoms. The molecule has 0 unspecified atom stereocenters. The summed E-state index contributed by atoms with van der Waals surface area (Å²) in [6.07, 6.45) is 0. The normalized spacial score (nSPS) is 10.7. The molecule has 0 fully saturated rings. The van der Waals surface area contributed by atoms with E-state index in [0.717, 1.165) is 4.68 Å². The highest BCUT2D eigenvalue weighted by Gasteiger charge is 2.17. The van der Waals surface area contributed by atoms with Crippen molar-refractivity contribution in [1.29, 1.82) is 0 Å². The lowest BCUT2D eigenvalue weighted by molar-refractivity contribution is 0.100. The van der Waals surface area contributed by atoms with Crippen LogP contribution in [0.15, 0.2) is 77.6 Å². The Balaban J connectivity index is 1.88. The maximum atomic E-state index is 14.0. The molecule has 4 aromatic rings. The lowest BCUT2D eigenvalue weighted by Crippen LogP contribution is -2.35. The maximum Gasteiger partial charge on any atom is 0.280 e. The van der Waals surface area contributed by atoms with E-state index >= 15 is 0 Å². The van der Waals surface area contributed by atoms with Gasteiger partial charge in [0.2, 0.25) is 0 Å². The van der Waals surface area contributed by atoms with Crippen molar-refractivity contribution in [3.8, 4) is 17.1 Å². The fourth-order valence-corrected chi connectivity index (χ4v) is 2.98. The van der Waals surface area contributed by atoms with Crippen LogP contribution in [0.4, 0.5) is 4.39 Å². The third kappa shape index (κ3) is 3.45. The molecule has 7 heteroatoms. The first-order valence-corrected chi connectivity index (χ1v) is 8.80. The molecule has 0 aliphatic rings. The van der Waals surface area contributed by atoms with E-state index in [2.05, 4.69) is 10.4 Å². The molecular formula is C22H16FN3O3. The Morgan fingerprint density at radius 3 is 2.41 bits per heavy atom. The molecule has 4 rings (SSSR count). The Bertz CT molecular complexity index is 1270. The molecule has 3 aromatic carbocycles. The van der Waals surface area contributed by atoms with Crippen molar-refractivity contribution < 1.29 is 13.9 Å². The number of carbonyl (C=O) groups excluding carboxylic acids is 1. The number of rotatable bonds is 4. The Hall–Kier alpha value is -4.00. The van der Waals surface area contributed by atoms with Crippen LogP contribution in [-0.2, 0) is 0 Å². The number of methoxy groups -OCH3 is 1. The summed E-state index contributed by atoms with van der Waals surface area (Å²) in [5, 5.41) is 0.332. The first-order valence-electron chi connectivity index (χ1n) is 8.80. The van der Waals surface area contributed by atoms with Gasteiger partial charge in [-0.15, -0.1) is 0 Å². The zero-order valence-electron chi connectivity index (χ0n) is 15.4. The summed E-state index contributed by atoms with van der Waals surface area (Å²) in [7, 11) is 1.55.